The van der Waals surface area contributed by atoms with Gasteiger partial charge >= 0.3 is 0 Å². The first kappa shape index (κ1) is 14.0. The number of hydrogen-bond acceptors (Lipinski definition) is 3. The Bertz CT molecular complexity index is 599. The van der Waals surface area contributed by atoms with Crippen LogP contribution in [0.5, 0.6) is 0 Å². The number of rotatable bonds is 4. The zero-order valence-electron chi connectivity index (χ0n) is 9.94. The second kappa shape index (κ2) is 6.18. The summed E-state index contributed by atoms with van der Waals surface area (Å²) in [6.45, 7) is 1.12. The Balaban J connectivity index is 2.13. The maximum absolute atomic E-state index is 12.0. The van der Waals surface area contributed by atoms with Crippen molar-refractivity contribution in [3.63, 3.8) is 0 Å². The van der Waals surface area contributed by atoms with Crippen LogP contribution < -0.4 is 11.1 Å². The molecule has 100 valence electrons. The fraction of sp³-hybridized carbons (Fsp3) is 0.167. The molecular weight excluding hydrogens is 332 g/mol. The smallest absolute Gasteiger partial charge is 0.275 e. The third kappa shape index (κ3) is 3.56. The number of nitrogens with two attached hydrogens (primary N) is 1. The van der Waals surface area contributed by atoms with Crippen LogP contribution in [0.3, 0.4) is 0 Å². The Morgan fingerprint density at radius 1 is 1.53 bits per heavy atom. The largest absolute Gasteiger partial charge is 0.335 e. The van der Waals surface area contributed by atoms with E-state index in [0.29, 0.717) is 29.5 Å². The molecule has 0 radical (unpaired) electrons. The van der Waals surface area contributed by atoms with E-state index in [4.69, 9.17) is 17.3 Å². The number of halogens is 2. The van der Waals surface area contributed by atoms with Gasteiger partial charge in [-0.15, -0.1) is 0 Å². The van der Waals surface area contributed by atoms with E-state index in [0.717, 1.165) is 4.47 Å². The van der Waals surface area contributed by atoms with Crippen LogP contribution in [0.15, 0.2) is 35.2 Å². The first-order chi connectivity index (χ1) is 9.10. The fourth-order valence-corrected chi connectivity index (χ4v) is 2.05. The standard InChI is InChI=1S/C12H12BrClN4O/c13-8-1-2-9(14)10(5-8)17-12(19)11-6-18(4-3-15)7-16-11/h1-2,5-7H,3-4,15H2,(H,17,19). The lowest BCUT2D eigenvalue weighted by Gasteiger charge is -2.06. The molecule has 0 bridgehead atoms. The molecule has 2 rings (SSSR count). The molecule has 0 saturated carbocycles. The Morgan fingerprint density at radius 3 is 3.05 bits per heavy atom. The number of aromatic nitrogens is 2. The highest BCUT2D eigenvalue weighted by Crippen LogP contribution is 2.25. The van der Waals surface area contributed by atoms with E-state index >= 15 is 0 Å². The minimum Gasteiger partial charge on any atom is -0.335 e. The van der Waals surface area contributed by atoms with Gasteiger partial charge in [0.2, 0.25) is 0 Å². The predicted molar refractivity (Wildman–Crippen MR) is 78.4 cm³/mol. The number of anilines is 1. The van der Waals surface area contributed by atoms with E-state index in [-0.39, 0.29) is 5.91 Å². The summed E-state index contributed by atoms with van der Waals surface area (Å²) in [6, 6.07) is 5.24. The van der Waals surface area contributed by atoms with Gasteiger partial charge in [0, 0.05) is 23.8 Å². The van der Waals surface area contributed by atoms with Crippen molar-refractivity contribution in [3.8, 4) is 0 Å². The normalized spacial score (nSPS) is 10.5. The molecule has 1 aromatic heterocycles. The highest BCUT2D eigenvalue weighted by Gasteiger charge is 2.11. The molecule has 3 N–H and O–H groups in total. The summed E-state index contributed by atoms with van der Waals surface area (Å²) >= 11 is 9.33. The van der Waals surface area contributed by atoms with E-state index in [1.807, 2.05) is 0 Å². The van der Waals surface area contributed by atoms with E-state index in [1.165, 1.54) is 0 Å². The zero-order chi connectivity index (χ0) is 13.8. The predicted octanol–water partition coefficient (Wildman–Crippen LogP) is 2.51. The maximum Gasteiger partial charge on any atom is 0.275 e. The summed E-state index contributed by atoms with van der Waals surface area (Å²) in [5, 5.41) is 3.19. The van der Waals surface area contributed by atoms with Crippen LogP contribution in [-0.2, 0) is 6.54 Å². The average Bonchev–Trinajstić information content (AvgIpc) is 2.83. The van der Waals surface area contributed by atoms with Crippen LogP contribution in [-0.4, -0.2) is 22.0 Å². The Kier molecular flexibility index (Phi) is 4.57. The van der Waals surface area contributed by atoms with Gasteiger partial charge in [0.25, 0.3) is 5.91 Å². The number of benzene rings is 1. The van der Waals surface area contributed by atoms with Crippen molar-refractivity contribution < 1.29 is 4.79 Å². The quantitative estimate of drug-likeness (QED) is 0.896. The minimum absolute atomic E-state index is 0.309. The summed E-state index contributed by atoms with van der Waals surface area (Å²) in [5.41, 5.74) is 6.29. The Morgan fingerprint density at radius 2 is 2.32 bits per heavy atom. The van der Waals surface area contributed by atoms with Crippen molar-refractivity contribution in [2.45, 2.75) is 6.54 Å². The third-order valence-electron chi connectivity index (χ3n) is 2.43. The van der Waals surface area contributed by atoms with Gasteiger partial charge in [-0.05, 0) is 18.2 Å². The monoisotopic (exact) mass is 342 g/mol. The van der Waals surface area contributed by atoms with Gasteiger partial charge < -0.3 is 15.6 Å². The average molecular weight is 344 g/mol. The van der Waals surface area contributed by atoms with Gasteiger partial charge in [-0.2, -0.15) is 0 Å². The first-order valence-corrected chi connectivity index (χ1v) is 6.75. The zero-order valence-corrected chi connectivity index (χ0v) is 12.3. The lowest BCUT2D eigenvalue weighted by molar-refractivity contribution is 0.102. The molecule has 0 saturated heterocycles. The number of nitrogens with zero attached hydrogens (tertiary/aromatic N) is 2. The topological polar surface area (TPSA) is 72.9 Å². The molecule has 5 nitrogen and oxygen atoms in total. The first-order valence-electron chi connectivity index (χ1n) is 5.58. The molecule has 1 aromatic carbocycles. The van der Waals surface area contributed by atoms with E-state index in [9.17, 15) is 4.79 Å². The number of imidazole rings is 1. The van der Waals surface area contributed by atoms with Crippen LogP contribution in [0.25, 0.3) is 0 Å². The minimum atomic E-state index is -0.309. The molecule has 0 aliphatic rings. The molecule has 0 aliphatic carbocycles. The lowest BCUT2D eigenvalue weighted by Crippen LogP contribution is -2.13. The Hall–Kier alpha value is -1.37. The molecule has 0 unspecified atom stereocenters. The van der Waals surface area contributed by atoms with Crippen molar-refractivity contribution in [2.24, 2.45) is 5.73 Å². The number of hydrogen-bond donors (Lipinski definition) is 2. The Labute approximate surface area is 123 Å². The van der Waals surface area contributed by atoms with Crippen LogP contribution >= 0.6 is 27.5 Å². The highest BCUT2D eigenvalue weighted by molar-refractivity contribution is 9.10. The van der Waals surface area contributed by atoms with E-state index in [1.54, 1.807) is 35.3 Å². The van der Waals surface area contributed by atoms with Gasteiger partial charge in [-0.25, -0.2) is 4.98 Å². The summed E-state index contributed by atoms with van der Waals surface area (Å²) in [5.74, 6) is -0.309. The molecule has 2 aromatic rings. The van der Waals surface area contributed by atoms with Crippen LogP contribution in [0, 0.1) is 0 Å². The van der Waals surface area contributed by atoms with Crippen molar-refractivity contribution in [3.05, 3.63) is 45.9 Å². The van der Waals surface area contributed by atoms with Crippen molar-refractivity contribution in [2.75, 3.05) is 11.9 Å². The summed E-state index contributed by atoms with van der Waals surface area (Å²) < 4.78 is 2.60. The van der Waals surface area contributed by atoms with Gasteiger partial charge in [-0.1, -0.05) is 27.5 Å². The number of carbonyl (C=O) groups excluding carboxylic acids is 1. The molecule has 0 spiro atoms. The molecule has 1 heterocycles. The van der Waals surface area contributed by atoms with E-state index < -0.39 is 0 Å². The highest BCUT2D eigenvalue weighted by atomic mass is 79.9. The lowest BCUT2D eigenvalue weighted by atomic mass is 10.3. The molecule has 0 atom stereocenters. The van der Waals surface area contributed by atoms with Crippen LogP contribution in [0.4, 0.5) is 5.69 Å². The van der Waals surface area contributed by atoms with Crippen molar-refractivity contribution in [1.29, 1.82) is 0 Å². The molecular formula is C12H12BrClN4O. The maximum atomic E-state index is 12.0. The summed E-state index contributed by atoms with van der Waals surface area (Å²) in [4.78, 5) is 16.0. The van der Waals surface area contributed by atoms with Gasteiger partial charge in [-0.3, -0.25) is 4.79 Å². The molecule has 0 fully saturated rings. The molecule has 7 heteroatoms. The number of carbonyl (C=O) groups is 1. The van der Waals surface area contributed by atoms with Crippen molar-refractivity contribution >= 4 is 39.1 Å². The molecule has 0 aliphatic heterocycles. The second-order valence-electron chi connectivity index (χ2n) is 3.86. The fourth-order valence-electron chi connectivity index (χ4n) is 1.53. The van der Waals surface area contributed by atoms with Gasteiger partial charge in [0.15, 0.2) is 0 Å². The van der Waals surface area contributed by atoms with Gasteiger partial charge in [0.05, 0.1) is 17.0 Å². The SMILES string of the molecule is NCCn1cnc(C(=O)Nc2cc(Br)ccc2Cl)c1. The number of amides is 1. The molecule has 19 heavy (non-hydrogen) atoms. The van der Waals surface area contributed by atoms with E-state index in [2.05, 4.69) is 26.2 Å². The third-order valence-corrected chi connectivity index (χ3v) is 3.25. The summed E-state index contributed by atoms with van der Waals surface area (Å²) in [7, 11) is 0. The second-order valence-corrected chi connectivity index (χ2v) is 5.19. The van der Waals surface area contributed by atoms with Crippen LogP contribution in [0.1, 0.15) is 10.5 Å². The summed E-state index contributed by atoms with van der Waals surface area (Å²) in [6.07, 6.45) is 3.22. The number of nitrogens with one attached hydrogen (secondary N) is 1. The molecule has 1 amide bonds. The van der Waals surface area contributed by atoms with Crippen molar-refractivity contribution in [1.82, 2.24) is 9.55 Å². The van der Waals surface area contributed by atoms with Crippen LogP contribution in [0.2, 0.25) is 5.02 Å². The van der Waals surface area contributed by atoms with Gasteiger partial charge in [0.1, 0.15) is 5.69 Å².